The fraction of sp³-hybridized carbons (Fsp3) is 0.235. The van der Waals surface area contributed by atoms with Crippen LogP contribution in [0.25, 0.3) is 16.8 Å². The topological polar surface area (TPSA) is 59.3 Å². The summed E-state index contributed by atoms with van der Waals surface area (Å²) in [4.78, 5) is 16.6. The Kier molecular flexibility index (Phi) is 4.06. The first kappa shape index (κ1) is 15.1. The number of halogens is 1. The number of hydrogen-bond acceptors (Lipinski definition) is 3. The molecule has 6 heteroatoms. The lowest BCUT2D eigenvalue weighted by molar-refractivity contribution is 0.0934. The summed E-state index contributed by atoms with van der Waals surface area (Å²) in [5, 5.41) is 7.04. The van der Waals surface area contributed by atoms with Crippen molar-refractivity contribution < 1.29 is 9.18 Å². The molecule has 1 atom stereocenters. The second kappa shape index (κ2) is 6.16. The Hall–Kier alpha value is -2.76. The highest BCUT2D eigenvalue weighted by atomic mass is 19.1. The summed E-state index contributed by atoms with van der Waals surface area (Å²) in [7, 11) is 0. The van der Waals surface area contributed by atoms with E-state index in [1.54, 1.807) is 36.7 Å². The van der Waals surface area contributed by atoms with Crippen LogP contribution in [0.2, 0.25) is 0 Å². The molecule has 0 aliphatic carbocycles. The smallest absolute Gasteiger partial charge is 0.270 e. The molecular weight excluding hydrogens is 295 g/mol. The van der Waals surface area contributed by atoms with Gasteiger partial charge in [-0.2, -0.15) is 5.10 Å². The number of aromatic nitrogens is 3. The summed E-state index contributed by atoms with van der Waals surface area (Å²) in [6, 6.07) is 8.10. The fourth-order valence-corrected chi connectivity index (χ4v) is 2.26. The van der Waals surface area contributed by atoms with E-state index in [1.807, 2.05) is 13.8 Å². The lowest BCUT2D eigenvalue weighted by atomic mass is 10.1. The van der Waals surface area contributed by atoms with Crippen molar-refractivity contribution >= 4 is 11.6 Å². The van der Waals surface area contributed by atoms with Gasteiger partial charge in [0.25, 0.3) is 5.91 Å². The van der Waals surface area contributed by atoms with Crippen LogP contribution in [-0.2, 0) is 0 Å². The summed E-state index contributed by atoms with van der Waals surface area (Å²) in [6.45, 7) is 3.93. The third-order valence-electron chi connectivity index (χ3n) is 3.76. The zero-order chi connectivity index (χ0) is 16.4. The fourth-order valence-electron chi connectivity index (χ4n) is 2.26. The van der Waals surface area contributed by atoms with Crippen molar-refractivity contribution in [2.45, 2.75) is 26.3 Å². The normalized spacial score (nSPS) is 12.3. The molecular formula is C17H17FN4O. The number of benzene rings is 1. The molecule has 0 radical (unpaired) electrons. The second-order valence-corrected chi connectivity index (χ2v) is 5.40. The minimum atomic E-state index is -0.348. The standard InChI is InChI=1S/C17H17FN4O/c1-3-11(2)20-17(23)15-8-9-22-16(21-15)13(10-19-22)12-6-4-5-7-14(12)18/h4-11H,3H2,1-2H3,(H,20,23). The van der Waals surface area contributed by atoms with E-state index in [9.17, 15) is 9.18 Å². The van der Waals surface area contributed by atoms with Gasteiger partial charge in [0.15, 0.2) is 5.65 Å². The Morgan fingerprint density at radius 3 is 2.83 bits per heavy atom. The molecule has 3 aromatic rings. The largest absolute Gasteiger partial charge is 0.348 e. The summed E-state index contributed by atoms with van der Waals surface area (Å²) < 4.78 is 15.5. The van der Waals surface area contributed by atoms with Gasteiger partial charge in [0.1, 0.15) is 11.5 Å². The van der Waals surface area contributed by atoms with Gasteiger partial charge in [-0.1, -0.05) is 25.1 Å². The van der Waals surface area contributed by atoms with Gasteiger partial charge in [-0.3, -0.25) is 4.79 Å². The van der Waals surface area contributed by atoms with Gasteiger partial charge in [-0.25, -0.2) is 13.9 Å². The predicted octanol–water partition coefficient (Wildman–Crippen LogP) is 3.06. The van der Waals surface area contributed by atoms with E-state index < -0.39 is 0 Å². The van der Waals surface area contributed by atoms with E-state index in [0.29, 0.717) is 16.8 Å². The molecule has 2 heterocycles. The number of carbonyl (C=O) groups excluding carboxylic acids is 1. The van der Waals surface area contributed by atoms with Crippen LogP contribution in [0.5, 0.6) is 0 Å². The van der Waals surface area contributed by atoms with Gasteiger partial charge in [0, 0.05) is 23.4 Å². The molecule has 0 aliphatic rings. The third-order valence-corrected chi connectivity index (χ3v) is 3.76. The number of amides is 1. The van der Waals surface area contributed by atoms with E-state index in [2.05, 4.69) is 15.4 Å². The number of nitrogens with zero attached hydrogens (tertiary/aromatic N) is 3. The van der Waals surface area contributed by atoms with Gasteiger partial charge in [-0.15, -0.1) is 0 Å². The van der Waals surface area contributed by atoms with E-state index >= 15 is 0 Å². The van der Waals surface area contributed by atoms with Crippen LogP contribution in [-0.4, -0.2) is 26.5 Å². The van der Waals surface area contributed by atoms with Gasteiger partial charge in [-0.05, 0) is 25.5 Å². The van der Waals surface area contributed by atoms with Crippen molar-refractivity contribution in [1.82, 2.24) is 19.9 Å². The van der Waals surface area contributed by atoms with Crippen molar-refractivity contribution in [2.75, 3.05) is 0 Å². The molecule has 0 fully saturated rings. The lowest BCUT2D eigenvalue weighted by Gasteiger charge is -2.10. The zero-order valence-electron chi connectivity index (χ0n) is 13.0. The summed E-state index contributed by atoms with van der Waals surface area (Å²) >= 11 is 0. The van der Waals surface area contributed by atoms with Crippen LogP contribution in [0.3, 0.4) is 0 Å². The minimum Gasteiger partial charge on any atom is -0.348 e. The van der Waals surface area contributed by atoms with Crippen molar-refractivity contribution in [3.8, 4) is 11.1 Å². The van der Waals surface area contributed by atoms with Crippen LogP contribution in [0.4, 0.5) is 4.39 Å². The van der Waals surface area contributed by atoms with Gasteiger partial charge >= 0.3 is 0 Å². The van der Waals surface area contributed by atoms with Crippen LogP contribution in [0.15, 0.2) is 42.7 Å². The number of fused-ring (bicyclic) bond motifs is 1. The maximum absolute atomic E-state index is 14.0. The minimum absolute atomic E-state index is 0.0662. The maximum Gasteiger partial charge on any atom is 0.270 e. The van der Waals surface area contributed by atoms with E-state index in [0.717, 1.165) is 6.42 Å². The van der Waals surface area contributed by atoms with Crippen LogP contribution < -0.4 is 5.32 Å². The molecule has 0 saturated carbocycles. The first-order valence-corrected chi connectivity index (χ1v) is 7.50. The predicted molar refractivity (Wildman–Crippen MR) is 85.6 cm³/mol. The van der Waals surface area contributed by atoms with Crippen LogP contribution in [0, 0.1) is 5.82 Å². The molecule has 1 aromatic carbocycles. The van der Waals surface area contributed by atoms with Crippen LogP contribution in [0.1, 0.15) is 30.8 Å². The van der Waals surface area contributed by atoms with Crippen molar-refractivity contribution in [2.24, 2.45) is 0 Å². The van der Waals surface area contributed by atoms with Gasteiger partial charge in [0.05, 0.1) is 6.20 Å². The Labute approximate surface area is 133 Å². The summed E-state index contributed by atoms with van der Waals surface area (Å²) in [5.74, 6) is -0.596. The lowest BCUT2D eigenvalue weighted by Crippen LogP contribution is -2.32. The van der Waals surface area contributed by atoms with Crippen molar-refractivity contribution in [1.29, 1.82) is 0 Å². The highest BCUT2D eigenvalue weighted by Crippen LogP contribution is 2.25. The SMILES string of the molecule is CCC(C)NC(=O)c1ccn2ncc(-c3ccccc3F)c2n1. The molecule has 1 N–H and O–H groups in total. The summed E-state index contributed by atoms with van der Waals surface area (Å²) in [5.41, 5.74) is 1.71. The Balaban J connectivity index is 2.04. The average molecular weight is 312 g/mol. The second-order valence-electron chi connectivity index (χ2n) is 5.40. The van der Waals surface area contributed by atoms with Crippen LogP contribution >= 0.6 is 0 Å². The molecule has 23 heavy (non-hydrogen) atoms. The highest BCUT2D eigenvalue weighted by molar-refractivity contribution is 5.93. The van der Waals surface area contributed by atoms with Gasteiger partial charge < -0.3 is 5.32 Å². The van der Waals surface area contributed by atoms with Gasteiger partial charge in [0.2, 0.25) is 0 Å². The highest BCUT2D eigenvalue weighted by Gasteiger charge is 2.15. The van der Waals surface area contributed by atoms with Crippen molar-refractivity contribution in [3.05, 3.63) is 54.2 Å². The zero-order valence-corrected chi connectivity index (χ0v) is 13.0. The Bertz CT molecular complexity index is 859. The Morgan fingerprint density at radius 1 is 1.30 bits per heavy atom. The monoisotopic (exact) mass is 312 g/mol. The van der Waals surface area contributed by atoms with E-state index in [-0.39, 0.29) is 23.5 Å². The number of carbonyl (C=O) groups is 1. The molecule has 1 unspecified atom stereocenters. The quantitative estimate of drug-likeness (QED) is 0.805. The molecule has 0 aliphatic heterocycles. The molecule has 0 bridgehead atoms. The number of nitrogens with one attached hydrogen (secondary N) is 1. The molecule has 5 nitrogen and oxygen atoms in total. The maximum atomic E-state index is 14.0. The number of rotatable bonds is 4. The molecule has 1 amide bonds. The third kappa shape index (κ3) is 2.92. The molecule has 3 rings (SSSR count). The first-order valence-electron chi connectivity index (χ1n) is 7.50. The van der Waals surface area contributed by atoms with E-state index in [1.165, 1.54) is 10.6 Å². The first-order chi connectivity index (χ1) is 11.1. The average Bonchev–Trinajstić information content (AvgIpc) is 2.98. The molecule has 2 aromatic heterocycles. The van der Waals surface area contributed by atoms with Crippen molar-refractivity contribution in [3.63, 3.8) is 0 Å². The Morgan fingerprint density at radius 2 is 2.09 bits per heavy atom. The molecule has 118 valence electrons. The molecule has 0 spiro atoms. The molecule has 0 saturated heterocycles. The van der Waals surface area contributed by atoms with E-state index in [4.69, 9.17) is 0 Å². The summed E-state index contributed by atoms with van der Waals surface area (Å²) in [6.07, 6.45) is 4.04. The number of hydrogen-bond donors (Lipinski definition) is 1.